The third-order valence-electron chi connectivity index (χ3n) is 4.08. The SMILES string of the molecule is Cc1cc(C)c(S(=O)(=O)NCCC(=O)NC(C)c2cccnc2)c(C)c1. The van der Waals surface area contributed by atoms with Crippen molar-refractivity contribution in [3.63, 3.8) is 0 Å². The highest BCUT2D eigenvalue weighted by molar-refractivity contribution is 7.89. The molecule has 0 saturated carbocycles. The summed E-state index contributed by atoms with van der Waals surface area (Å²) in [7, 11) is -3.65. The third-order valence-corrected chi connectivity index (χ3v) is 5.85. The van der Waals surface area contributed by atoms with Gasteiger partial charge < -0.3 is 5.32 Å². The molecule has 0 aliphatic heterocycles. The van der Waals surface area contributed by atoms with E-state index >= 15 is 0 Å². The molecule has 6 nitrogen and oxygen atoms in total. The van der Waals surface area contributed by atoms with Crippen LogP contribution >= 0.6 is 0 Å². The molecule has 0 bridgehead atoms. The fourth-order valence-corrected chi connectivity index (χ4v) is 4.47. The zero-order valence-corrected chi connectivity index (χ0v) is 16.4. The number of nitrogens with one attached hydrogen (secondary N) is 2. The predicted octanol–water partition coefficient (Wildman–Crippen LogP) is 2.55. The molecule has 1 amide bonds. The third kappa shape index (κ3) is 5.12. The van der Waals surface area contributed by atoms with Gasteiger partial charge in [0.25, 0.3) is 0 Å². The molecule has 1 heterocycles. The minimum Gasteiger partial charge on any atom is -0.349 e. The minimum atomic E-state index is -3.65. The predicted molar refractivity (Wildman–Crippen MR) is 101 cm³/mol. The van der Waals surface area contributed by atoms with E-state index in [1.807, 2.05) is 32.0 Å². The van der Waals surface area contributed by atoms with Crippen molar-refractivity contribution in [2.24, 2.45) is 0 Å². The van der Waals surface area contributed by atoms with Crippen molar-refractivity contribution in [3.05, 3.63) is 58.9 Å². The maximum Gasteiger partial charge on any atom is 0.241 e. The summed E-state index contributed by atoms with van der Waals surface area (Å²) in [4.78, 5) is 16.4. The Morgan fingerprint density at radius 3 is 2.42 bits per heavy atom. The first kappa shape index (κ1) is 20.1. The molecule has 0 spiro atoms. The number of nitrogens with zero attached hydrogens (tertiary/aromatic N) is 1. The van der Waals surface area contributed by atoms with Gasteiger partial charge in [-0.2, -0.15) is 0 Å². The van der Waals surface area contributed by atoms with Crippen molar-refractivity contribution in [1.82, 2.24) is 15.0 Å². The van der Waals surface area contributed by atoms with Crippen LogP contribution in [0.2, 0.25) is 0 Å². The lowest BCUT2D eigenvalue weighted by Crippen LogP contribution is -2.32. The van der Waals surface area contributed by atoms with Crippen LogP contribution in [0, 0.1) is 20.8 Å². The molecular weight excluding hydrogens is 350 g/mol. The molecule has 2 aromatic rings. The topological polar surface area (TPSA) is 88.2 Å². The maximum absolute atomic E-state index is 12.6. The van der Waals surface area contributed by atoms with Crippen LogP contribution in [0.1, 0.15) is 41.6 Å². The Morgan fingerprint density at radius 1 is 1.19 bits per heavy atom. The zero-order chi connectivity index (χ0) is 19.3. The number of aromatic nitrogens is 1. The van der Waals surface area contributed by atoms with Gasteiger partial charge in [-0.15, -0.1) is 0 Å². The van der Waals surface area contributed by atoms with E-state index in [1.54, 1.807) is 32.3 Å². The number of pyridine rings is 1. The molecule has 0 radical (unpaired) electrons. The summed E-state index contributed by atoms with van der Waals surface area (Å²) in [6, 6.07) is 7.17. The van der Waals surface area contributed by atoms with Gasteiger partial charge in [0.1, 0.15) is 0 Å². The first-order valence-electron chi connectivity index (χ1n) is 8.47. The Hall–Kier alpha value is -2.25. The molecule has 140 valence electrons. The number of carbonyl (C=O) groups excluding carboxylic acids is 1. The van der Waals surface area contributed by atoms with Crippen LogP contribution in [0.4, 0.5) is 0 Å². The molecule has 1 aromatic heterocycles. The molecule has 1 atom stereocenters. The average molecular weight is 375 g/mol. The van der Waals surface area contributed by atoms with Crippen LogP contribution < -0.4 is 10.0 Å². The quantitative estimate of drug-likeness (QED) is 0.778. The smallest absolute Gasteiger partial charge is 0.241 e. The molecule has 0 aliphatic carbocycles. The highest BCUT2D eigenvalue weighted by atomic mass is 32.2. The number of hydrogen-bond acceptors (Lipinski definition) is 4. The van der Waals surface area contributed by atoms with Crippen LogP contribution in [-0.2, 0) is 14.8 Å². The molecular formula is C19H25N3O3S. The number of amides is 1. The summed E-state index contributed by atoms with van der Waals surface area (Å²) in [5.41, 5.74) is 3.31. The Balaban J connectivity index is 1.93. The molecule has 1 aromatic carbocycles. The van der Waals surface area contributed by atoms with Crippen molar-refractivity contribution < 1.29 is 13.2 Å². The van der Waals surface area contributed by atoms with E-state index in [0.717, 1.165) is 11.1 Å². The van der Waals surface area contributed by atoms with Gasteiger partial charge in [0.05, 0.1) is 10.9 Å². The summed E-state index contributed by atoms with van der Waals surface area (Å²) in [6.07, 6.45) is 3.42. The number of sulfonamides is 1. The molecule has 0 saturated heterocycles. The van der Waals surface area contributed by atoms with E-state index < -0.39 is 10.0 Å². The van der Waals surface area contributed by atoms with E-state index in [1.165, 1.54) is 0 Å². The van der Waals surface area contributed by atoms with Gasteiger partial charge in [0.15, 0.2) is 0 Å². The second kappa shape index (κ2) is 8.42. The first-order valence-corrected chi connectivity index (χ1v) is 9.96. The molecule has 0 fully saturated rings. The van der Waals surface area contributed by atoms with Gasteiger partial charge in [0, 0.05) is 25.4 Å². The van der Waals surface area contributed by atoms with Crippen molar-refractivity contribution in [1.29, 1.82) is 0 Å². The normalized spacial score (nSPS) is 12.6. The molecule has 2 rings (SSSR count). The average Bonchev–Trinajstić information content (AvgIpc) is 2.54. The monoisotopic (exact) mass is 375 g/mol. The van der Waals surface area contributed by atoms with Gasteiger partial charge in [-0.05, 0) is 50.5 Å². The number of carbonyl (C=O) groups is 1. The second-order valence-corrected chi connectivity index (χ2v) is 8.15. The minimum absolute atomic E-state index is 0.0423. The van der Waals surface area contributed by atoms with E-state index in [-0.39, 0.29) is 29.8 Å². The number of aryl methyl sites for hydroxylation is 3. The fraction of sp³-hybridized carbons (Fsp3) is 0.368. The Morgan fingerprint density at radius 2 is 1.85 bits per heavy atom. The van der Waals surface area contributed by atoms with Crippen molar-refractivity contribution >= 4 is 15.9 Å². The van der Waals surface area contributed by atoms with E-state index in [9.17, 15) is 13.2 Å². The highest BCUT2D eigenvalue weighted by Gasteiger charge is 2.20. The van der Waals surface area contributed by atoms with Gasteiger partial charge in [0.2, 0.25) is 15.9 Å². The Kier molecular flexibility index (Phi) is 6.50. The standard InChI is InChI=1S/C19H25N3O3S/c1-13-10-14(2)19(15(3)11-13)26(24,25)21-9-7-18(23)22-16(4)17-6-5-8-20-12-17/h5-6,8,10-12,16,21H,7,9H2,1-4H3,(H,22,23). The lowest BCUT2D eigenvalue weighted by molar-refractivity contribution is -0.121. The largest absolute Gasteiger partial charge is 0.349 e. The van der Waals surface area contributed by atoms with Crippen LogP contribution in [0.15, 0.2) is 41.6 Å². The number of hydrogen-bond donors (Lipinski definition) is 2. The first-order chi connectivity index (χ1) is 12.2. The van der Waals surface area contributed by atoms with E-state index in [0.29, 0.717) is 11.1 Å². The van der Waals surface area contributed by atoms with Gasteiger partial charge in [-0.3, -0.25) is 9.78 Å². The molecule has 0 aliphatic rings. The van der Waals surface area contributed by atoms with Gasteiger partial charge >= 0.3 is 0 Å². The lowest BCUT2D eigenvalue weighted by Gasteiger charge is -2.15. The van der Waals surface area contributed by atoms with Crippen molar-refractivity contribution in [2.75, 3.05) is 6.54 Å². The fourth-order valence-electron chi connectivity index (χ4n) is 2.99. The van der Waals surface area contributed by atoms with Crippen molar-refractivity contribution in [3.8, 4) is 0 Å². The zero-order valence-electron chi connectivity index (χ0n) is 15.5. The second-order valence-electron chi connectivity index (χ2n) is 6.45. The van der Waals surface area contributed by atoms with Crippen molar-refractivity contribution in [2.45, 2.75) is 45.1 Å². The van der Waals surface area contributed by atoms with Crippen LogP contribution in [0.25, 0.3) is 0 Å². The summed E-state index contributed by atoms with van der Waals surface area (Å²) in [5, 5.41) is 2.84. The van der Waals surface area contributed by atoms with Gasteiger partial charge in [-0.25, -0.2) is 13.1 Å². The molecule has 1 unspecified atom stereocenters. The highest BCUT2D eigenvalue weighted by Crippen LogP contribution is 2.21. The molecule has 26 heavy (non-hydrogen) atoms. The van der Waals surface area contributed by atoms with E-state index in [4.69, 9.17) is 0 Å². The number of rotatable bonds is 7. The van der Waals surface area contributed by atoms with Crippen LogP contribution in [-0.4, -0.2) is 25.9 Å². The van der Waals surface area contributed by atoms with E-state index in [2.05, 4.69) is 15.0 Å². The van der Waals surface area contributed by atoms with Crippen LogP contribution in [0.3, 0.4) is 0 Å². The summed E-state index contributed by atoms with van der Waals surface area (Å²) >= 11 is 0. The molecule has 7 heteroatoms. The lowest BCUT2D eigenvalue weighted by atomic mass is 10.1. The summed E-state index contributed by atoms with van der Waals surface area (Å²) < 4.78 is 27.6. The Bertz CT molecular complexity index is 857. The molecule has 2 N–H and O–H groups in total. The maximum atomic E-state index is 12.6. The Labute approximate surface area is 155 Å². The summed E-state index contributed by atoms with van der Waals surface area (Å²) in [6.45, 7) is 7.38. The van der Waals surface area contributed by atoms with Gasteiger partial charge in [-0.1, -0.05) is 23.8 Å². The summed E-state index contributed by atoms with van der Waals surface area (Å²) in [5.74, 6) is -0.221. The number of benzene rings is 1. The van der Waals surface area contributed by atoms with Crippen LogP contribution in [0.5, 0.6) is 0 Å².